The third-order valence-corrected chi connectivity index (χ3v) is 7.43. The minimum absolute atomic E-state index is 0.0132. The normalized spacial score (nSPS) is 19.8. The van der Waals surface area contributed by atoms with Crippen LogP contribution >= 0.6 is 0 Å². The molecule has 0 saturated carbocycles. The number of nitrogens with zero attached hydrogens (tertiary/aromatic N) is 4. The Balaban J connectivity index is 1.54. The van der Waals surface area contributed by atoms with E-state index >= 15 is 0 Å². The molecule has 0 bridgehead atoms. The van der Waals surface area contributed by atoms with Crippen LogP contribution in [-0.2, 0) is 16.0 Å². The second-order valence-corrected chi connectivity index (χ2v) is 10.5. The van der Waals surface area contributed by atoms with Crippen LogP contribution < -0.4 is 5.32 Å². The molecule has 1 N–H and O–H groups in total. The monoisotopic (exact) mass is 493 g/mol. The van der Waals surface area contributed by atoms with Gasteiger partial charge in [0.25, 0.3) is 5.91 Å². The number of piperazine rings is 1. The van der Waals surface area contributed by atoms with Gasteiger partial charge in [-0.15, -0.1) is 0 Å². The zero-order valence-electron chi connectivity index (χ0n) is 22.0. The Labute approximate surface area is 214 Å². The molecule has 1 spiro atoms. The van der Waals surface area contributed by atoms with E-state index in [0.717, 1.165) is 30.6 Å². The van der Waals surface area contributed by atoms with E-state index in [1.54, 1.807) is 6.20 Å². The summed E-state index contributed by atoms with van der Waals surface area (Å²) in [6.45, 7) is 9.65. The SMILES string of the molecule is CCCc1c(C(=O)N2CCC3(CC2)C(=O)NC(CC(C)C)C(=O)N3CCC)cnn1-c1ccccc1. The number of carbonyl (C=O) groups excluding carboxylic acids is 3. The molecule has 2 fully saturated rings. The van der Waals surface area contributed by atoms with Gasteiger partial charge in [0.15, 0.2) is 0 Å². The highest BCUT2D eigenvalue weighted by Crippen LogP contribution is 2.35. The first kappa shape index (κ1) is 25.9. The van der Waals surface area contributed by atoms with E-state index in [2.05, 4.69) is 31.2 Å². The first-order chi connectivity index (χ1) is 17.3. The first-order valence-corrected chi connectivity index (χ1v) is 13.4. The summed E-state index contributed by atoms with van der Waals surface area (Å²) in [5.41, 5.74) is 1.57. The number of amides is 3. The van der Waals surface area contributed by atoms with Gasteiger partial charge in [-0.25, -0.2) is 4.68 Å². The standard InChI is InChI=1S/C28H39N5O3/c1-5-10-24-22(19-29-33(24)21-11-8-7-9-12-21)25(34)31-16-13-28(14-17-31)27(36)30-23(18-20(3)4)26(35)32(28)15-6-2/h7-9,11-12,19-20,23H,5-6,10,13-18H2,1-4H3,(H,30,36). The fourth-order valence-corrected chi connectivity index (χ4v) is 5.62. The van der Waals surface area contributed by atoms with Crippen LogP contribution in [0.4, 0.5) is 0 Å². The molecular formula is C28H39N5O3. The van der Waals surface area contributed by atoms with Crippen molar-refractivity contribution < 1.29 is 14.4 Å². The zero-order chi connectivity index (χ0) is 25.9. The third-order valence-electron chi connectivity index (χ3n) is 7.43. The maximum atomic E-state index is 13.6. The van der Waals surface area contributed by atoms with Crippen LogP contribution in [0.1, 0.15) is 75.9 Å². The van der Waals surface area contributed by atoms with Crippen molar-refractivity contribution in [1.29, 1.82) is 0 Å². The molecule has 2 aromatic rings. The van der Waals surface area contributed by atoms with E-state index in [0.29, 0.717) is 50.4 Å². The van der Waals surface area contributed by atoms with Gasteiger partial charge in [0, 0.05) is 19.6 Å². The molecule has 8 heteroatoms. The van der Waals surface area contributed by atoms with Gasteiger partial charge >= 0.3 is 0 Å². The van der Waals surface area contributed by atoms with Crippen molar-refractivity contribution in [3.63, 3.8) is 0 Å². The second-order valence-electron chi connectivity index (χ2n) is 10.5. The molecule has 36 heavy (non-hydrogen) atoms. The minimum Gasteiger partial charge on any atom is -0.342 e. The average molecular weight is 494 g/mol. The van der Waals surface area contributed by atoms with Crippen LogP contribution in [0, 0.1) is 5.92 Å². The predicted octanol–water partition coefficient (Wildman–Crippen LogP) is 3.58. The largest absolute Gasteiger partial charge is 0.342 e. The molecule has 3 heterocycles. The van der Waals surface area contributed by atoms with Crippen molar-refractivity contribution in [1.82, 2.24) is 24.9 Å². The lowest BCUT2D eigenvalue weighted by atomic mass is 9.80. The summed E-state index contributed by atoms with van der Waals surface area (Å²) in [5.74, 6) is 0.194. The van der Waals surface area contributed by atoms with Gasteiger partial charge in [-0.2, -0.15) is 5.10 Å². The molecule has 2 saturated heterocycles. The first-order valence-electron chi connectivity index (χ1n) is 13.4. The second kappa shape index (κ2) is 10.8. The van der Waals surface area contributed by atoms with E-state index in [9.17, 15) is 14.4 Å². The lowest BCUT2D eigenvalue weighted by Crippen LogP contribution is -2.73. The summed E-state index contributed by atoms with van der Waals surface area (Å²) >= 11 is 0. The molecule has 4 rings (SSSR count). The minimum atomic E-state index is -0.877. The number of piperidine rings is 1. The summed E-state index contributed by atoms with van der Waals surface area (Å²) in [6.07, 6.45) is 5.62. The van der Waals surface area contributed by atoms with Crippen LogP contribution in [0.2, 0.25) is 0 Å². The van der Waals surface area contributed by atoms with Crippen molar-refractivity contribution in [2.24, 2.45) is 5.92 Å². The zero-order valence-corrected chi connectivity index (χ0v) is 22.0. The number of rotatable bonds is 8. The summed E-state index contributed by atoms with van der Waals surface area (Å²) in [7, 11) is 0. The quantitative estimate of drug-likeness (QED) is 0.609. The Kier molecular flexibility index (Phi) is 7.81. The Morgan fingerprint density at radius 2 is 1.81 bits per heavy atom. The molecule has 8 nitrogen and oxygen atoms in total. The highest BCUT2D eigenvalue weighted by atomic mass is 16.2. The number of nitrogens with one attached hydrogen (secondary N) is 1. The van der Waals surface area contributed by atoms with E-state index in [4.69, 9.17) is 0 Å². The molecule has 2 aliphatic heterocycles. The van der Waals surface area contributed by atoms with Crippen molar-refractivity contribution in [2.75, 3.05) is 19.6 Å². The van der Waals surface area contributed by atoms with Gasteiger partial charge in [-0.1, -0.05) is 52.3 Å². The molecule has 0 radical (unpaired) electrons. The Morgan fingerprint density at radius 3 is 2.42 bits per heavy atom. The Bertz CT molecular complexity index is 1090. The van der Waals surface area contributed by atoms with Crippen molar-refractivity contribution in [3.05, 3.63) is 47.8 Å². The van der Waals surface area contributed by atoms with Gasteiger partial charge in [0.2, 0.25) is 11.8 Å². The smallest absolute Gasteiger partial charge is 0.257 e. The van der Waals surface area contributed by atoms with Crippen LogP contribution in [0.5, 0.6) is 0 Å². The van der Waals surface area contributed by atoms with Crippen molar-refractivity contribution in [3.8, 4) is 5.69 Å². The fourth-order valence-electron chi connectivity index (χ4n) is 5.62. The number of para-hydroxylation sites is 1. The molecule has 1 aromatic heterocycles. The summed E-state index contributed by atoms with van der Waals surface area (Å²) < 4.78 is 1.85. The average Bonchev–Trinajstić information content (AvgIpc) is 3.29. The summed E-state index contributed by atoms with van der Waals surface area (Å²) in [4.78, 5) is 44.1. The van der Waals surface area contributed by atoms with E-state index in [-0.39, 0.29) is 17.7 Å². The molecular weight excluding hydrogens is 454 g/mol. The lowest BCUT2D eigenvalue weighted by Gasteiger charge is -2.51. The number of aromatic nitrogens is 2. The summed E-state index contributed by atoms with van der Waals surface area (Å²) in [6, 6.07) is 9.39. The molecule has 2 aliphatic rings. The number of likely N-dealkylation sites (tertiary alicyclic amines) is 1. The van der Waals surface area contributed by atoms with E-state index in [1.807, 2.05) is 51.7 Å². The number of carbonyl (C=O) groups is 3. The van der Waals surface area contributed by atoms with E-state index in [1.165, 1.54) is 0 Å². The maximum absolute atomic E-state index is 13.6. The summed E-state index contributed by atoms with van der Waals surface area (Å²) in [5, 5.41) is 7.57. The van der Waals surface area contributed by atoms with Crippen molar-refractivity contribution in [2.45, 2.75) is 77.8 Å². The van der Waals surface area contributed by atoms with Gasteiger partial charge < -0.3 is 15.1 Å². The topological polar surface area (TPSA) is 87.5 Å². The number of hydrogen-bond donors (Lipinski definition) is 1. The number of benzene rings is 1. The fraction of sp³-hybridized carbons (Fsp3) is 0.571. The van der Waals surface area contributed by atoms with Crippen molar-refractivity contribution >= 4 is 17.7 Å². The van der Waals surface area contributed by atoms with Crippen LogP contribution in [-0.4, -0.2) is 68.5 Å². The lowest BCUT2D eigenvalue weighted by molar-refractivity contribution is -0.161. The molecule has 3 amide bonds. The highest BCUT2D eigenvalue weighted by molar-refractivity contribution is 6.00. The molecule has 1 atom stereocenters. The van der Waals surface area contributed by atoms with Gasteiger partial charge in [0.1, 0.15) is 11.6 Å². The Hall–Kier alpha value is -3.16. The highest BCUT2D eigenvalue weighted by Gasteiger charge is 2.53. The molecule has 1 unspecified atom stereocenters. The number of hydrogen-bond acceptors (Lipinski definition) is 4. The van der Waals surface area contributed by atoms with Crippen LogP contribution in [0.25, 0.3) is 5.69 Å². The van der Waals surface area contributed by atoms with Crippen LogP contribution in [0.15, 0.2) is 36.5 Å². The maximum Gasteiger partial charge on any atom is 0.257 e. The molecule has 194 valence electrons. The predicted molar refractivity (Wildman–Crippen MR) is 139 cm³/mol. The molecule has 0 aliphatic carbocycles. The Morgan fingerprint density at radius 1 is 1.11 bits per heavy atom. The molecule has 1 aromatic carbocycles. The van der Waals surface area contributed by atoms with Gasteiger partial charge in [0.05, 0.1) is 23.1 Å². The van der Waals surface area contributed by atoms with E-state index < -0.39 is 11.6 Å². The van der Waals surface area contributed by atoms with Gasteiger partial charge in [-0.05, 0) is 50.2 Å². The van der Waals surface area contributed by atoms with Crippen LogP contribution in [0.3, 0.4) is 0 Å². The van der Waals surface area contributed by atoms with Gasteiger partial charge in [-0.3, -0.25) is 14.4 Å². The third kappa shape index (κ3) is 4.77.